The molecule has 5 rings (SSSR count). The molecule has 5 unspecified atom stereocenters. The number of allylic oxidation sites excluding steroid dienone is 2. The van der Waals surface area contributed by atoms with E-state index < -0.39 is 24.7 Å². The predicted octanol–water partition coefficient (Wildman–Crippen LogP) is 5.42. The lowest BCUT2D eigenvalue weighted by Gasteiger charge is -2.37. The molecule has 1 aliphatic carbocycles. The van der Waals surface area contributed by atoms with E-state index in [1.54, 1.807) is 12.3 Å². The van der Waals surface area contributed by atoms with Crippen LogP contribution in [-0.2, 0) is 25.4 Å². The quantitative estimate of drug-likeness (QED) is 0.294. The maximum absolute atomic E-state index is 12.5. The first-order valence-corrected chi connectivity index (χ1v) is 11.9. The van der Waals surface area contributed by atoms with Gasteiger partial charge < -0.3 is 19.5 Å². The van der Waals surface area contributed by atoms with Crippen molar-refractivity contribution in [2.75, 3.05) is 5.32 Å². The summed E-state index contributed by atoms with van der Waals surface area (Å²) < 4.78 is 54.6. The van der Waals surface area contributed by atoms with Crippen molar-refractivity contribution in [2.24, 2.45) is 11.7 Å². The van der Waals surface area contributed by atoms with E-state index in [4.69, 9.17) is 15.2 Å². The van der Waals surface area contributed by atoms with Gasteiger partial charge in [-0.2, -0.15) is 13.2 Å². The number of alkyl halides is 3. The van der Waals surface area contributed by atoms with Crippen molar-refractivity contribution in [3.63, 3.8) is 0 Å². The SMILES string of the molecule is NC(Cc1ccc2c(c1)C1C=CCC1C(C1=COC(c3ccccc3Br)O1)N2)OC(=O)C(F)(F)F. The van der Waals surface area contributed by atoms with E-state index in [0.717, 1.165) is 27.7 Å². The second kappa shape index (κ2) is 9.23. The van der Waals surface area contributed by atoms with Crippen LogP contribution in [-0.4, -0.2) is 24.4 Å². The van der Waals surface area contributed by atoms with Gasteiger partial charge in [0, 0.05) is 34.0 Å². The summed E-state index contributed by atoms with van der Waals surface area (Å²) in [5.74, 6) is -1.33. The Morgan fingerprint density at radius 2 is 2.03 bits per heavy atom. The summed E-state index contributed by atoms with van der Waals surface area (Å²) in [6, 6.07) is 13.1. The van der Waals surface area contributed by atoms with Crippen LogP contribution in [0.15, 0.2) is 71.1 Å². The van der Waals surface area contributed by atoms with E-state index in [1.807, 2.05) is 36.4 Å². The molecule has 0 amide bonds. The molecule has 2 aromatic carbocycles. The summed E-state index contributed by atoms with van der Waals surface area (Å²) in [4.78, 5) is 11.1. The first-order valence-electron chi connectivity index (χ1n) is 11.1. The zero-order valence-corrected chi connectivity index (χ0v) is 19.9. The number of anilines is 1. The molecule has 0 spiro atoms. The first-order chi connectivity index (χ1) is 16.7. The van der Waals surface area contributed by atoms with E-state index in [0.29, 0.717) is 11.3 Å². The molecule has 0 saturated carbocycles. The number of hydrogen-bond donors (Lipinski definition) is 2. The summed E-state index contributed by atoms with van der Waals surface area (Å²) in [7, 11) is 0. The molecule has 3 aliphatic rings. The summed E-state index contributed by atoms with van der Waals surface area (Å²) >= 11 is 3.53. The fourth-order valence-electron chi connectivity index (χ4n) is 4.79. The number of fused-ring (bicyclic) bond motifs is 3. The Balaban J connectivity index is 1.31. The fraction of sp³-hybridized carbons (Fsp3) is 0.320. The lowest BCUT2D eigenvalue weighted by Crippen LogP contribution is -2.38. The molecule has 3 N–H and O–H groups in total. The van der Waals surface area contributed by atoms with Crippen LogP contribution < -0.4 is 11.1 Å². The van der Waals surface area contributed by atoms with Crippen LogP contribution in [0.4, 0.5) is 18.9 Å². The number of nitrogens with one attached hydrogen (secondary N) is 1. The number of benzene rings is 2. The Kier molecular flexibility index (Phi) is 6.27. The van der Waals surface area contributed by atoms with Gasteiger partial charge in [0.05, 0.1) is 6.04 Å². The van der Waals surface area contributed by atoms with E-state index in [2.05, 4.69) is 38.1 Å². The average Bonchev–Trinajstić information content (AvgIpc) is 3.49. The summed E-state index contributed by atoms with van der Waals surface area (Å²) in [6.07, 6.45) is -0.319. The lowest BCUT2D eigenvalue weighted by atomic mass is 9.78. The Morgan fingerprint density at radius 3 is 2.80 bits per heavy atom. The maximum Gasteiger partial charge on any atom is 0.490 e. The highest BCUT2D eigenvalue weighted by Gasteiger charge is 2.43. The van der Waals surface area contributed by atoms with Gasteiger partial charge in [0.15, 0.2) is 12.0 Å². The van der Waals surface area contributed by atoms with E-state index in [9.17, 15) is 18.0 Å². The molecule has 0 radical (unpaired) electrons. The van der Waals surface area contributed by atoms with Crippen LogP contribution in [0.3, 0.4) is 0 Å². The Hall–Kier alpha value is -2.98. The van der Waals surface area contributed by atoms with Crippen molar-refractivity contribution in [2.45, 2.75) is 43.5 Å². The molecule has 2 heterocycles. The van der Waals surface area contributed by atoms with Gasteiger partial charge >= 0.3 is 12.1 Å². The van der Waals surface area contributed by atoms with Crippen LogP contribution in [0, 0.1) is 5.92 Å². The smallest absolute Gasteiger partial charge is 0.455 e. The highest BCUT2D eigenvalue weighted by molar-refractivity contribution is 9.10. The van der Waals surface area contributed by atoms with E-state index in [-0.39, 0.29) is 24.3 Å². The molecule has 2 aliphatic heterocycles. The zero-order chi connectivity index (χ0) is 24.7. The number of hydrogen-bond acceptors (Lipinski definition) is 6. The van der Waals surface area contributed by atoms with Gasteiger partial charge in [-0.15, -0.1) is 0 Å². The topological polar surface area (TPSA) is 82.8 Å². The van der Waals surface area contributed by atoms with Crippen LogP contribution >= 0.6 is 15.9 Å². The molecule has 6 nitrogen and oxygen atoms in total. The lowest BCUT2D eigenvalue weighted by molar-refractivity contribution is -0.204. The van der Waals surface area contributed by atoms with Gasteiger partial charge in [0.1, 0.15) is 6.26 Å². The Labute approximate surface area is 208 Å². The van der Waals surface area contributed by atoms with Crippen molar-refractivity contribution in [3.05, 3.63) is 87.8 Å². The molecule has 10 heteroatoms. The van der Waals surface area contributed by atoms with Crippen molar-refractivity contribution < 1.29 is 32.2 Å². The molecule has 0 bridgehead atoms. The minimum absolute atomic E-state index is 0.0324. The standard InChI is InChI=1S/C25H22BrF3N2O4/c26-18-7-2-1-4-16(18)23-33-12-20(34-23)22-15-6-3-5-14(15)17-10-13(8-9-19(17)31-22)11-21(30)35-24(32)25(27,28)29/h1-5,7-10,12,14-15,21-23,31H,6,11,30H2. The average molecular weight is 551 g/mol. The largest absolute Gasteiger partial charge is 0.490 e. The van der Waals surface area contributed by atoms with Crippen molar-refractivity contribution >= 4 is 27.6 Å². The minimum atomic E-state index is -5.08. The van der Waals surface area contributed by atoms with Crippen molar-refractivity contribution in [1.29, 1.82) is 0 Å². The number of halogens is 4. The third kappa shape index (κ3) is 4.77. The molecule has 0 fully saturated rings. The highest BCUT2D eigenvalue weighted by atomic mass is 79.9. The first kappa shape index (κ1) is 23.7. The Morgan fingerprint density at radius 1 is 1.23 bits per heavy atom. The van der Waals surface area contributed by atoms with Crippen LogP contribution in [0.1, 0.15) is 35.3 Å². The van der Waals surface area contributed by atoms with Gasteiger partial charge in [-0.25, -0.2) is 4.79 Å². The van der Waals surface area contributed by atoms with E-state index >= 15 is 0 Å². The van der Waals surface area contributed by atoms with Crippen LogP contribution in [0.2, 0.25) is 0 Å². The minimum Gasteiger partial charge on any atom is -0.455 e. The van der Waals surface area contributed by atoms with Crippen LogP contribution in [0.5, 0.6) is 0 Å². The molecule has 0 saturated heterocycles. The normalized spacial score (nSPS) is 25.5. The van der Waals surface area contributed by atoms with Crippen LogP contribution in [0.25, 0.3) is 0 Å². The van der Waals surface area contributed by atoms with Gasteiger partial charge in [-0.1, -0.05) is 58.4 Å². The summed E-state index contributed by atoms with van der Waals surface area (Å²) in [6.45, 7) is 0. The summed E-state index contributed by atoms with van der Waals surface area (Å²) in [5.41, 5.74) is 9.12. The number of carbonyl (C=O) groups excluding carboxylic acids is 1. The molecule has 2 aromatic rings. The molecule has 184 valence electrons. The third-order valence-corrected chi connectivity index (χ3v) is 7.09. The zero-order valence-electron chi connectivity index (χ0n) is 18.3. The number of carbonyl (C=O) groups is 1. The molecule has 35 heavy (non-hydrogen) atoms. The van der Waals surface area contributed by atoms with Crippen molar-refractivity contribution in [1.82, 2.24) is 0 Å². The molecule has 5 atom stereocenters. The third-order valence-electron chi connectivity index (χ3n) is 6.37. The van der Waals surface area contributed by atoms with Gasteiger partial charge in [0.25, 0.3) is 6.29 Å². The second-order valence-corrected chi connectivity index (χ2v) is 9.52. The van der Waals surface area contributed by atoms with Crippen molar-refractivity contribution in [3.8, 4) is 0 Å². The molecular formula is C25H22BrF3N2O4. The number of rotatable bonds is 5. The molecule has 0 aromatic heterocycles. The predicted molar refractivity (Wildman–Crippen MR) is 125 cm³/mol. The van der Waals surface area contributed by atoms with Gasteiger partial charge in [0.2, 0.25) is 0 Å². The van der Waals surface area contributed by atoms with Gasteiger partial charge in [-0.3, -0.25) is 5.73 Å². The molecular weight excluding hydrogens is 529 g/mol. The number of nitrogens with two attached hydrogens (primary N) is 1. The number of esters is 1. The Bertz CT molecular complexity index is 1200. The monoisotopic (exact) mass is 550 g/mol. The van der Waals surface area contributed by atoms with Gasteiger partial charge in [-0.05, 0) is 29.7 Å². The number of ether oxygens (including phenoxy) is 3. The summed E-state index contributed by atoms with van der Waals surface area (Å²) in [5, 5.41) is 3.54. The second-order valence-electron chi connectivity index (χ2n) is 8.67. The van der Waals surface area contributed by atoms with E-state index in [1.165, 1.54) is 0 Å². The maximum atomic E-state index is 12.5. The fourth-order valence-corrected chi connectivity index (χ4v) is 5.26. The highest BCUT2D eigenvalue weighted by Crippen LogP contribution is 2.48.